The normalized spacial score (nSPS) is 11.6. The molecule has 0 aliphatic carbocycles. The van der Waals surface area contributed by atoms with Crippen LogP contribution in [0.3, 0.4) is 0 Å². The van der Waals surface area contributed by atoms with E-state index in [0.717, 1.165) is 32.3 Å². The van der Waals surface area contributed by atoms with Gasteiger partial charge in [-0.1, -0.05) is 12.8 Å². The zero-order valence-corrected chi connectivity index (χ0v) is 10.5. The van der Waals surface area contributed by atoms with Crippen LogP contribution in [0, 0.1) is 0 Å². The van der Waals surface area contributed by atoms with Gasteiger partial charge in [-0.15, -0.1) is 0 Å². The second kappa shape index (κ2) is 7.01. The zero-order valence-electron chi connectivity index (χ0n) is 9.51. The highest BCUT2D eigenvalue weighted by molar-refractivity contribution is 6.69. The van der Waals surface area contributed by atoms with Crippen LogP contribution < -0.4 is 0 Å². The summed E-state index contributed by atoms with van der Waals surface area (Å²) in [6.07, 6.45) is 4.24. The van der Waals surface area contributed by atoms with Gasteiger partial charge in [0.2, 0.25) is 0 Å². The fourth-order valence-electron chi connectivity index (χ4n) is 1.11. The first-order valence-electron chi connectivity index (χ1n) is 5.27. The summed E-state index contributed by atoms with van der Waals surface area (Å²) in [5, 5.41) is 8.40. The van der Waals surface area contributed by atoms with E-state index >= 15 is 0 Å². The third kappa shape index (κ3) is 11.6. The molecule has 0 aromatic heterocycles. The van der Waals surface area contributed by atoms with Crippen LogP contribution in [-0.4, -0.2) is 26.0 Å². The SMILES string of the molecule is C[Si](C)(C)OCCCCCCC(=O)O. The number of unbranched alkanes of at least 4 members (excludes halogenated alkanes) is 3. The number of hydrogen-bond donors (Lipinski definition) is 1. The lowest BCUT2D eigenvalue weighted by atomic mass is 10.1. The van der Waals surface area contributed by atoms with Crippen LogP contribution in [0.15, 0.2) is 0 Å². The second-order valence-corrected chi connectivity index (χ2v) is 9.03. The fraction of sp³-hybridized carbons (Fsp3) is 0.900. The van der Waals surface area contributed by atoms with Crippen molar-refractivity contribution >= 4 is 14.3 Å². The van der Waals surface area contributed by atoms with E-state index < -0.39 is 14.3 Å². The minimum atomic E-state index is -1.34. The summed E-state index contributed by atoms with van der Waals surface area (Å²) in [7, 11) is -1.34. The van der Waals surface area contributed by atoms with Crippen LogP contribution in [0.1, 0.15) is 32.1 Å². The first-order chi connectivity index (χ1) is 6.42. The maximum Gasteiger partial charge on any atom is 0.303 e. The molecular weight excluding hydrogens is 196 g/mol. The van der Waals surface area contributed by atoms with E-state index in [2.05, 4.69) is 19.6 Å². The van der Waals surface area contributed by atoms with E-state index in [4.69, 9.17) is 9.53 Å². The Morgan fingerprint density at radius 2 is 1.71 bits per heavy atom. The molecule has 0 aromatic rings. The third-order valence-corrected chi connectivity index (χ3v) is 2.89. The lowest BCUT2D eigenvalue weighted by Gasteiger charge is -2.16. The van der Waals surface area contributed by atoms with E-state index in [1.165, 1.54) is 0 Å². The van der Waals surface area contributed by atoms with Gasteiger partial charge in [0.05, 0.1) is 0 Å². The molecule has 84 valence electrons. The van der Waals surface area contributed by atoms with E-state index in [9.17, 15) is 4.79 Å². The topological polar surface area (TPSA) is 46.5 Å². The first-order valence-corrected chi connectivity index (χ1v) is 8.68. The molecule has 0 heterocycles. The summed E-state index contributed by atoms with van der Waals surface area (Å²) in [4.78, 5) is 10.2. The van der Waals surface area contributed by atoms with Gasteiger partial charge in [-0.3, -0.25) is 4.79 Å². The zero-order chi connectivity index (χ0) is 11.0. The summed E-state index contributed by atoms with van der Waals surface area (Å²) in [6, 6.07) is 0. The number of hydrogen-bond acceptors (Lipinski definition) is 2. The molecule has 0 radical (unpaired) electrons. The smallest absolute Gasteiger partial charge is 0.303 e. The van der Waals surface area contributed by atoms with Gasteiger partial charge < -0.3 is 9.53 Å². The molecule has 0 rings (SSSR count). The number of carbonyl (C=O) groups is 1. The standard InChI is InChI=1S/C10H22O3Si/c1-14(2,3)13-9-7-5-4-6-8-10(11)12/h4-9H2,1-3H3,(H,11,12). The predicted molar refractivity (Wildman–Crippen MR) is 60.0 cm³/mol. The van der Waals surface area contributed by atoms with Gasteiger partial charge >= 0.3 is 5.97 Å². The molecule has 4 heteroatoms. The lowest BCUT2D eigenvalue weighted by Crippen LogP contribution is -2.25. The van der Waals surface area contributed by atoms with Gasteiger partial charge in [-0.05, 0) is 32.5 Å². The van der Waals surface area contributed by atoms with Crippen LogP contribution in [-0.2, 0) is 9.22 Å². The average Bonchev–Trinajstić information content (AvgIpc) is 2.00. The molecule has 1 N–H and O–H groups in total. The van der Waals surface area contributed by atoms with Crippen LogP contribution in [0.2, 0.25) is 19.6 Å². The molecule has 0 spiro atoms. The Labute approximate surface area is 87.6 Å². The van der Waals surface area contributed by atoms with Gasteiger partial charge in [-0.25, -0.2) is 0 Å². The van der Waals surface area contributed by atoms with Crippen LogP contribution >= 0.6 is 0 Å². The van der Waals surface area contributed by atoms with Crippen molar-refractivity contribution in [1.29, 1.82) is 0 Å². The van der Waals surface area contributed by atoms with Crippen molar-refractivity contribution in [3.8, 4) is 0 Å². The molecule has 0 amide bonds. The Kier molecular flexibility index (Phi) is 6.83. The van der Waals surface area contributed by atoms with Crippen molar-refractivity contribution in [3.63, 3.8) is 0 Å². The van der Waals surface area contributed by atoms with E-state index in [1.54, 1.807) is 0 Å². The Morgan fingerprint density at radius 3 is 2.21 bits per heavy atom. The summed E-state index contributed by atoms with van der Waals surface area (Å²) in [5.74, 6) is -0.691. The van der Waals surface area contributed by atoms with Crippen LogP contribution in [0.25, 0.3) is 0 Å². The Hall–Kier alpha value is -0.353. The minimum absolute atomic E-state index is 0.300. The highest BCUT2D eigenvalue weighted by Gasteiger charge is 2.12. The largest absolute Gasteiger partial charge is 0.481 e. The molecule has 0 aromatic carbocycles. The Balaban J connectivity index is 3.11. The molecule has 0 aliphatic rings. The second-order valence-electron chi connectivity index (χ2n) is 4.52. The van der Waals surface area contributed by atoms with Crippen molar-refractivity contribution in [2.45, 2.75) is 51.7 Å². The molecule has 0 saturated carbocycles. The Morgan fingerprint density at radius 1 is 1.14 bits per heavy atom. The molecule has 3 nitrogen and oxygen atoms in total. The van der Waals surface area contributed by atoms with Gasteiger partial charge in [-0.2, -0.15) is 0 Å². The monoisotopic (exact) mass is 218 g/mol. The van der Waals surface area contributed by atoms with Gasteiger partial charge in [0.25, 0.3) is 0 Å². The average molecular weight is 218 g/mol. The molecule has 0 bridgehead atoms. The van der Waals surface area contributed by atoms with Crippen molar-refractivity contribution in [3.05, 3.63) is 0 Å². The van der Waals surface area contributed by atoms with Crippen molar-refractivity contribution in [2.75, 3.05) is 6.61 Å². The highest BCUT2D eigenvalue weighted by Crippen LogP contribution is 2.07. The summed E-state index contributed by atoms with van der Waals surface area (Å²) < 4.78 is 5.68. The maximum absolute atomic E-state index is 10.2. The van der Waals surface area contributed by atoms with Gasteiger partial charge in [0.15, 0.2) is 8.32 Å². The first kappa shape index (κ1) is 13.6. The molecular formula is C10H22O3Si. The van der Waals surface area contributed by atoms with Crippen molar-refractivity contribution in [1.82, 2.24) is 0 Å². The summed E-state index contributed by atoms with van der Waals surface area (Å²) in [5.41, 5.74) is 0. The lowest BCUT2D eigenvalue weighted by molar-refractivity contribution is -0.137. The van der Waals surface area contributed by atoms with E-state index in [0.29, 0.717) is 6.42 Å². The number of carboxylic acids is 1. The number of carboxylic acid groups (broad SMARTS) is 1. The predicted octanol–water partition coefficient (Wildman–Crippen LogP) is 2.87. The molecule has 0 aliphatic heterocycles. The van der Waals surface area contributed by atoms with E-state index in [1.807, 2.05) is 0 Å². The minimum Gasteiger partial charge on any atom is -0.481 e. The maximum atomic E-state index is 10.2. The van der Waals surface area contributed by atoms with Gasteiger partial charge in [0.1, 0.15) is 0 Å². The van der Waals surface area contributed by atoms with Crippen LogP contribution in [0.4, 0.5) is 0 Å². The molecule has 0 unspecified atom stereocenters. The van der Waals surface area contributed by atoms with Crippen molar-refractivity contribution < 1.29 is 14.3 Å². The molecule has 0 fully saturated rings. The number of aliphatic carboxylic acids is 1. The Bertz CT molecular complexity index is 163. The summed E-state index contributed by atoms with van der Waals surface area (Å²) >= 11 is 0. The molecule has 0 saturated heterocycles. The summed E-state index contributed by atoms with van der Waals surface area (Å²) in [6.45, 7) is 7.37. The quantitative estimate of drug-likeness (QED) is 0.503. The van der Waals surface area contributed by atoms with Crippen molar-refractivity contribution in [2.24, 2.45) is 0 Å². The van der Waals surface area contributed by atoms with Gasteiger partial charge in [0, 0.05) is 13.0 Å². The number of rotatable bonds is 8. The highest BCUT2D eigenvalue weighted by atomic mass is 28.4. The van der Waals surface area contributed by atoms with E-state index in [-0.39, 0.29) is 0 Å². The fourth-order valence-corrected chi connectivity index (χ4v) is 1.87. The third-order valence-electron chi connectivity index (χ3n) is 1.82. The van der Waals surface area contributed by atoms with Crippen LogP contribution in [0.5, 0.6) is 0 Å². The molecule has 14 heavy (non-hydrogen) atoms. The molecule has 0 atom stereocenters.